The highest BCUT2D eigenvalue weighted by Crippen LogP contribution is 2.23. The highest BCUT2D eigenvalue weighted by molar-refractivity contribution is 5.89. The number of nitrogens with zero attached hydrogens (tertiary/aromatic N) is 3. The molecule has 1 aliphatic rings. The fourth-order valence-electron chi connectivity index (χ4n) is 3.29. The first-order valence-electron chi connectivity index (χ1n) is 8.95. The number of anilines is 1. The van der Waals surface area contributed by atoms with E-state index < -0.39 is 0 Å². The van der Waals surface area contributed by atoms with Crippen molar-refractivity contribution in [2.45, 2.75) is 20.0 Å². The number of benzene rings is 1. The van der Waals surface area contributed by atoms with E-state index in [1.165, 1.54) is 0 Å². The molecule has 0 aliphatic carbocycles. The molecule has 7 nitrogen and oxygen atoms in total. The minimum atomic E-state index is -0.236. The number of ether oxygens (including phenoxy) is 1. The topological polar surface area (TPSA) is 72.5 Å². The summed E-state index contributed by atoms with van der Waals surface area (Å²) in [5, 5.41) is 7.47. The Hall–Kier alpha value is -3.06. The number of hydrogen-bond acceptors (Lipinski definition) is 4. The van der Waals surface area contributed by atoms with Crippen LogP contribution in [0.15, 0.2) is 53.1 Å². The number of amides is 2. The summed E-state index contributed by atoms with van der Waals surface area (Å²) in [6.45, 7) is 5.44. The molecular formula is C20H22N4O3. The van der Waals surface area contributed by atoms with E-state index in [2.05, 4.69) is 10.4 Å². The highest BCUT2D eigenvalue weighted by Gasteiger charge is 2.27. The standard InChI is InChI=1S/C20H22N4O3/c1-14-11-15(2)24(22-14)17-6-3-5-16(12-17)21-20(25)23-8-10-27-19(13-23)18-7-4-9-26-18/h3-7,9,11-12,19H,8,10,13H2,1-2H3,(H,21,25)/t19-/m1/s1. The van der Waals surface area contributed by atoms with Crippen molar-refractivity contribution in [2.24, 2.45) is 0 Å². The van der Waals surface area contributed by atoms with Gasteiger partial charge in [0.2, 0.25) is 0 Å². The van der Waals surface area contributed by atoms with E-state index in [0.29, 0.717) is 19.7 Å². The normalized spacial score (nSPS) is 17.1. The van der Waals surface area contributed by atoms with Gasteiger partial charge in [0.1, 0.15) is 11.9 Å². The maximum absolute atomic E-state index is 12.7. The third kappa shape index (κ3) is 3.73. The van der Waals surface area contributed by atoms with Crippen molar-refractivity contribution in [1.82, 2.24) is 14.7 Å². The zero-order valence-electron chi connectivity index (χ0n) is 15.4. The predicted octanol–water partition coefficient (Wildman–Crippen LogP) is 3.69. The molecule has 27 heavy (non-hydrogen) atoms. The van der Waals surface area contributed by atoms with Gasteiger partial charge < -0.3 is 19.4 Å². The largest absolute Gasteiger partial charge is 0.467 e. The second-order valence-electron chi connectivity index (χ2n) is 6.64. The van der Waals surface area contributed by atoms with Crippen molar-refractivity contribution in [3.63, 3.8) is 0 Å². The molecule has 140 valence electrons. The average Bonchev–Trinajstić information content (AvgIpc) is 3.32. The zero-order chi connectivity index (χ0) is 18.8. The van der Waals surface area contributed by atoms with Crippen molar-refractivity contribution in [2.75, 3.05) is 25.0 Å². The Balaban J connectivity index is 1.46. The lowest BCUT2D eigenvalue weighted by atomic mass is 10.2. The number of morpholine rings is 1. The third-order valence-corrected chi connectivity index (χ3v) is 4.57. The predicted molar refractivity (Wildman–Crippen MR) is 101 cm³/mol. The SMILES string of the molecule is Cc1cc(C)n(-c2cccc(NC(=O)N3CCO[C@@H](c4ccco4)C3)c2)n1. The van der Waals surface area contributed by atoms with Crippen LogP contribution in [0, 0.1) is 13.8 Å². The Bertz CT molecular complexity index is 933. The van der Waals surface area contributed by atoms with Gasteiger partial charge in [-0.2, -0.15) is 5.10 Å². The molecule has 7 heteroatoms. The summed E-state index contributed by atoms with van der Waals surface area (Å²) in [5.74, 6) is 0.735. The molecule has 0 saturated carbocycles. The molecule has 2 aromatic heterocycles. The summed E-state index contributed by atoms with van der Waals surface area (Å²) in [7, 11) is 0. The first-order valence-corrected chi connectivity index (χ1v) is 8.95. The van der Waals surface area contributed by atoms with Gasteiger partial charge in [-0.05, 0) is 50.2 Å². The van der Waals surface area contributed by atoms with Gasteiger partial charge in [0, 0.05) is 17.9 Å². The number of furan rings is 1. The smallest absolute Gasteiger partial charge is 0.322 e. The monoisotopic (exact) mass is 366 g/mol. The van der Waals surface area contributed by atoms with Crippen molar-refractivity contribution < 1.29 is 13.9 Å². The molecule has 4 rings (SSSR count). The van der Waals surface area contributed by atoms with Crippen molar-refractivity contribution >= 4 is 11.7 Å². The quantitative estimate of drug-likeness (QED) is 0.767. The summed E-state index contributed by atoms with van der Waals surface area (Å²) in [4.78, 5) is 14.5. The Morgan fingerprint density at radius 3 is 2.85 bits per heavy atom. The number of urea groups is 1. The van der Waals surface area contributed by atoms with Gasteiger partial charge in [0.05, 0.1) is 30.8 Å². The Kier molecular flexibility index (Phi) is 4.68. The summed E-state index contributed by atoms with van der Waals surface area (Å²) >= 11 is 0. The van der Waals surface area contributed by atoms with E-state index in [1.807, 2.05) is 61.0 Å². The van der Waals surface area contributed by atoms with E-state index in [4.69, 9.17) is 9.15 Å². The highest BCUT2D eigenvalue weighted by atomic mass is 16.5. The van der Waals surface area contributed by atoms with Crippen LogP contribution in [0.4, 0.5) is 10.5 Å². The molecule has 1 aromatic carbocycles. The summed E-state index contributed by atoms with van der Waals surface area (Å²) < 4.78 is 13.0. The Labute approximate surface area is 157 Å². The van der Waals surface area contributed by atoms with Crippen LogP contribution < -0.4 is 5.32 Å². The van der Waals surface area contributed by atoms with E-state index in [-0.39, 0.29) is 12.1 Å². The second-order valence-corrected chi connectivity index (χ2v) is 6.64. The first kappa shape index (κ1) is 17.4. The molecule has 1 fully saturated rings. The number of aryl methyl sites for hydroxylation is 2. The van der Waals surface area contributed by atoms with Crippen LogP contribution in [-0.4, -0.2) is 40.4 Å². The summed E-state index contributed by atoms with van der Waals surface area (Å²) in [6.07, 6.45) is 1.38. The molecule has 0 radical (unpaired) electrons. The third-order valence-electron chi connectivity index (χ3n) is 4.57. The molecule has 0 bridgehead atoms. The van der Waals surface area contributed by atoms with Crippen LogP contribution >= 0.6 is 0 Å². The lowest BCUT2D eigenvalue weighted by Crippen LogP contribution is -2.44. The van der Waals surface area contributed by atoms with Crippen LogP contribution in [0.2, 0.25) is 0 Å². The minimum Gasteiger partial charge on any atom is -0.467 e. The molecule has 3 heterocycles. The Morgan fingerprint density at radius 1 is 1.22 bits per heavy atom. The summed E-state index contributed by atoms with van der Waals surface area (Å²) in [6, 6.07) is 13.2. The maximum atomic E-state index is 12.7. The lowest BCUT2D eigenvalue weighted by Gasteiger charge is -2.32. The number of nitrogens with one attached hydrogen (secondary N) is 1. The minimum absolute atomic E-state index is 0.152. The van der Waals surface area contributed by atoms with Gasteiger partial charge in [-0.1, -0.05) is 6.07 Å². The van der Waals surface area contributed by atoms with Crippen LogP contribution in [-0.2, 0) is 4.74 Å². The lowest BCUT2D eigenvalue weighted by molar-refractivity contribution is -0.0242. The van der Waals surface area contributed by atoms with Crippen molar-refractivity contribution in [1.29, 1.82) is 0 Å². The van der Waals surface area contributed by atoms with E-state index >= 15 is 0 Å². The van der Waals surface area contributed by atoms with Crippen LogP contribution in [0.3, 0.4) is 0 Å². The van der Waals surface area contributed by atoms with Crippen LogP contribution in [0.25, 0.3) is 5.69 Å². The number of hydrogen-bond donors (Lipinski definition) is 1. The molecule has 1 N–H and O–H groups in total. The van der Waals surface area contributed by atoms with Gasteiger partial charge in [0.15, 0.2) is 0 Å². The molecule has 0 unspecified atom stereocenters. The van der Waals surface area contributed by atoms with Gasteiger partial charge in [-0.3, -0.25) is 0 Å². The van der Waals surface area contributed by atoms with Gasteiger partial charge in [-0.15, -0.1) is 0 Å². The summed E-state index contributed by atoms with van der Waals surface area (Å²) in [5.41, 5.74) is 3.64. The molecule has 0 spiro atoms. The number of rotatable bonds is 3. The molecule has 1 saturated heterocycles. The van der Waals surface area contributed by atoms with Crippen LogP contribution in [0.5, 0.6) is 0 Å². The molecule has 3 aromatic rings. The van der Waals surface area contributed by atoms with E-state index in [1.54, 1.807) is 11.2 Å². The fraction of sp³-hybridized carbons (Fsp3) is 0.300. The van der Waals surface area contributed by atoms with Gasteiger partial charge >= 0.3 is 6.03 Å². The molecule has 1 aliphatic heterocycles. The molecular weight excluding hydrogens is 344 g/mol. The number of carbonyl (C=O) groups is 1. The van der Waals surface area contributed by atoms with Crippen molar-refractivity contribution in [3.8, 4) is 5.69 Å². The Morgan fingerprint density at radius 2 is 2.11 bits per heavy atom. The fourth-order valence-corrected chi connectivity index (χ4v) is 3.29. The average molecular weight is 366 g/mol. The maximum Gasteiger partial charge on any atom is 0.322 e. The van der Waals surface area contributed by atoms with Crippen molar-refractivity contribution in [3.05, 3.63) is 65.9 Å². The van der Waals surface area contributed by atoms with Gasteiger partial charge in [0.25, 0.3) is 0 Å². The van der Waals surface area contributed by atoms with Gasteiger partial charge in [-0.25, -0.2) is 9.48 Å². The first-order chi connectivity index (χ1) is 13.1. The van der Waals surface area contributed by atoms with Crippen LogP contribution in [0.1, 0.15) is 23.3 Å². The number of carbonyl (C=O) groups excluding carboxylic acids is 1. The second kappa shape index (κ2) is 7.28. The number of aromatic nitrogens is 2. The molecule has 1 atom stereocenters. The van der Waals surface area contributed by atoms with E-state index in [9.17, 15) is 4.79 Å². The molecule has 2 amide bonds. The zero-order valence-corrected chi connectivity index (χ0v) is 15.4. The van der Waals surface area contributed by atoms with E-state index in [0.717, 1.165) is 28.5 Å².